The second-order valence-corrected chi connectivity index (χ2v) is 18.1. The zero-order chi connectivity index (χ0) is 37.2. The summed E-state index contributed by atoms with van der Waals surface area (Å²) in [6.07, 6.45) is 52.6. The minimum absolute atomic E-state index is 0.0428. The van der Waals surface area contributed by atoms with Crippen LogP contribution in [0.15, 0.2) is 24.3 Å². The molecular weight excluding hydrogens is 603 g/mol. The average molecular weight is 698 g/mol. The molecule has 1 heteroatoms. The van der Waals surface area contributed by atoms with Crippen molar-refractivity contribution in [1.29, 1.82) is 5.41 Å². The van der Waals surface area contributed by atoms with E-state index in [9.17, 15) is 5.41 Å². The van der Waals surface area contributed by atoms with E-state index in [1.165, 1.54) is 193 Å². The molecule has 0 radical (unpaired) electrons. The van der Waals surface area contributed by atoms with Gasteiger partial charge in [-0.1, -0.05) is 208 Å². The predicted octanol–water partition coefficient (Wildman–Crippen LogP) is 18.0. The van der Waals surface area contributed by atoms with E-state index >= 15 is 0 Å². The molecule has 0 aromatic heterocycles. The van der Waals surface area contributed by atoms with Crippen molar-refractivity contribution in [3.8, 4) is 0 Å². The smallest absolute Gasteiger partial charge is 0.0207 e. The molecule has 0 fully saturated rings. The lowest BCUT2D eigenvalue weighted by Crippen LogP contribution is -2.41. The molecule has 0 spiro atoms. The first-order valence-electron chi connectivity index (χ1n) is 23.0. The summed E-state index contributed by atoms with van der Waals surface area (Å²) in [7, 11) is 0. The first-order valence-corrected chi connectivity index (χ1v) is 23.0. The summed E-state index contributed by atoms with van der Waals surface area (Å²) < 4.78 is 0. The second kappa shape index (κ2) is 34.0. The summed E-state index contributed by atoms with van der Waals surface area (Å²) in [6.45, 7) is 19.0. The van der Waals surface area contributed by atoms with Gasteiger partial charge in [0.25, 0.3) is 0 Å². The maximum atomic E-state index is 9.75. The fraction of sp³-hybridized carbons (Fsp3) is 0.898. The summed E-state index contributed by atoms with van der Waals surface area (Å²) in [4.78, 5) is 0. The molecule has 0 saturated heterocycles. The Morgan fingerprint density at radius 2 is 0.640 bits per heavy atom. The minimum Gasteiger partial charge on any atom is -0.309 e. The van der Waals surface area contributed by atoms with Crippen molar-refractivity contribution < 1.29 is 0 Å². The lowest BCUT2D eigenvalue weighted by Gasteiger charge is -2.43. The Hall–Kier alpha value is -0.850. The quantitative estimate of drug-likeness (QED) is 0.0377. The van der Waals surface area contributed by atoms with Crippen molar-refractivity contribution in [3.05, 3.63) is 24.3 Å². The number of hydrogen-bond donors (Lipinski definition) is 1. The fourth-order valence-corrected chi connectivity index (χ4v) is 8.71. The predicted molar refractivity (Wildman–Crippen MR) is 231 cm³/mol. The molecule has 0 saturated carbocycles. The number of allylic oxidation sites excluding steroid dienone is 4. The highest BCUT2D eigenvalue weighted by Crippen LogP contribution is 2.45. The van der Waals surface area contributed by atoms with Crippen LogP contribution in [-0.4, -0.2) is 5.71 Å². The van der Waals surface area contributed by atoms with Gasteiger partial charge < -0.3 is 5.41 Å². The third-order valence-electron chi connectivity index (χ3n) is 11.4. The zero-order valence-corrected chi connectivity index (χ0v) is 36.1. The normalized spacial score (nSPS) is 14.8. The van der Waals surface area contributed by atoms with Crippen molar-refractivity contribution in [2.45, 2.75) is 261 Å². The molecule has 2 atom stereocenters. The van der Waals surface area contributed by atoms with Crippen molar-refractivity contribution >= 4 is 5.71 Å². The van der Waals surface area contributed by atoms with Crippen LogP contribution < -0.4 is 0 Å². The number of nitrogens with one attached hydrogen (secondary N) is 1. The van der Waals surface area contributed by atoms with Crippen molar-refractivity contribution in [3.63, 3.8) is 0 Å². The molecule has 50 heavy (non-hydrogen) atoms. The SMILES string of the molecule is CCCCCCCCC=CCCCCCCCCC(C)(CC(C)C)C(=N)C(C)(CCCCCCCCC=CCCCCCCCC)CC(C)C. The van der Waals surface area contributed by atoms with Crippen LogP contribution in [0.1, 0.15) is 261 Å². The van der Waals surface area contributed by atoms with Crippen LogP contribution in [0.4, 0.5) is 0 Å². The van der Waals surface area contributed by atoms with Gasteiger partial charge in [-0.15, -0.1) is 0 Å². The van der Waals surface area contributed by atoms with Crippen molar-refractivity contribution in [1.82, 2.24) is 0 Å². The van der Waals surface area contributed by atoms with Crippen LogP contribution in [0.5, 0.6) is 0 Å². The largest absolute Gasteiger partial charge is 0.309 e. The van der Waals surface area contributed by atoms with Crippen LogP contribution in [0.25, 0.3) is 0 Å². The molecule has 0 rings (SSSR count). The zero-order valence-electron chi connectivity index (χ0n) is 36.1. The highest BCUT2D eigenvalue weighted by atomic mass is 14.6. The standard InChI is InChI=1S/C49H95N/c1-9-11-13-15-17-19-21-23-25-27-29-31-33-35-37-39-41-48(7,43-45(3)4)47(50)49(8,44-46(5)6)42-40-38-36-34-32-30-28-26-24-22-20-18-16-14-12-10-2/h23-26,45-46,50H,9-22,27-44H2,1-8H3. The van der Waals surface area contributed by atoms with Crippen molar-refractivity contribution in [2.24, 2.45) is 22.7 Å². The summed E-state index contributed by atoms with van der Waals surface area (Å²) >= 11 is 0. The number of hydrogen-bond acceptors (Lipinski definition) is 1. The van der Waals surface area contributed by atoms with Crippen molar-refractivity contribution in [2.75, 3.05) is 0 Å². The Bertz CT molecular complexity index is 725. The molecular formula is C49H95N. The van der Waals surface area contributed by atoms with Crippen LogP contribution in [-0.2, 0) is 0 Å². The molecule has 1 N–H and O–H groups in total. The van der Waals surface area contributed by atoms with E-state index in [4.69, 9.17) is 0 Å². The molecule has 0 aliphatic carbocycles. The lowest BCUT2D eigenvalue weighted by molar-refractivity contribution is 0.253. The third kappa shape index (κ3) is 28.7. The van der Waals surface area contributed by atoms with Gasteiger partial charge in [-0.05, 0) is 88.9 Å². The van der Waals surface area contributed by atoms with Crippen LogP contribution >= 0.6 is 0 Å². The van der Waals surface area contributed by atoms with Gasteiger partial charge >= 0.3 is 0 Å². The van der Waals surface area contributed by atoms with Gasteiger partial charge in [0.05, 0.1) is 0 Å². The van der Waals surface area contributed by atoms with Crippen LogP contribution in [0.3, 0.4) is 0 Å². The first-order chi connectivity index (χ1) is 24.1. The molecule has 0 heterocycles. The van der Waals surface area contributed by atoms with Crippen LogP contribution in [0, 0.1) is 28.1 Å². The Morgan fingerprint density at radius 3 is 0.900 bits per heavy atom. The van der Waals surface area contributed by atoms with Gasteiger partial charge in [-0.2, -0.15) is 0 Å². The van der Waals surface area contributed by atoms with E-state index in [0.29, 0.717) is 11.8 Å². The molecule has 0 aromatic rings. The van der Waals surface area contributed by atoms with Gasteiger partial charge in [0.15, 0.2) is 0 Å². The van der Waals surface area contributed by atoms with E-state index in [1.54, 1.807) is 0 Å². The number of rotatable bonds is 38. The van der Waals surface area contributed by atoms with E-state index < -0.39 is 0 Å². The summed E-state index contributed by atoms with van der Waals surface area (Å²) in [5, 5.41) is 9.75. The van der Waals surface area contributed by atoms with E-state index in [2.05, 4.69) is 79.7 Å². The molecule has 296 valence electrons. The van der Waals surface area contributed by atoms with Gasteiger partial charge in [0.1, 0.15) is 0 Å². The monoisotopic (exact) mass is 698 g/mol. The molecule has 0 amide bonds. The molecule has 0 aliphatic heterocycles. The third-order valence-corrected chi connectivity index (χ3v) is 11.4. The summed E-state index contributed by atoms with van der Waals surface area (Å²) in [6, 6.07) is 0. The van der Waals surface area contributed by atoms with E-state index in [1.807, 2.05) is 0 Å². The minimum atomic E-state index is 0.0428. The number of unbranched alkanes of at least 4 members (excludes halogenated alkanes) is 24. The highest BCUT2D eigenvalue weighted by molar-refractivity contribution is 5.92. The average Bonchev–Trinajstić information content (AvgIpc) is 3.07. The molecule has 2 unspecified atom stereocenters. The van der Waals surface area contributed by atoms with Gasteiger partial charge in [0, 0.05) is 16.5 Å². The molecule has 0 aromatic carbocycles. The van der Waals surface area contributed by atoms with Gasteiger partial charge in [-0.3, -0.25) is 0 Å². The first kappa shape index (κ1) is 49.1. The highest BCUT2D eigenvalue weighted by Gasteiger charge is 2.41. The molecule has 0 aliphatic rings. The fourth-order valence-electron chi connectivity index (χ4n) is 8.71. The summed E-state index contributed by atoms with van der Waals surface area (Å²) in [5.74, 6) is 1.28. The maximum Gasteiger partial charge on any atom is 0.0207 e. The Morgan fingerprint density at radius 1 is 0.400 bits per heavy atom. The van der Waals surface area contributed by atoms with Gasteiger partial charge in [0.2, 0.25) is 0 Å². The van der Waals surface area contributed by atoms with Crippen LogP contribution in [0.2, 0.25) is 0 Å². The second-order valence-electron chi connectivity index (χ2n) is 18.1. The molecule has 1 nitrogen and oxygen atoms in total. The van der Waals surface area contributed by atoms with Gasteiger partial charge in [-0.25, -0.2) is 0 Å². The summed E-state index contributed by atoms with van der Waals surface area (Å²) in [5.41, 5.74) is 1.18. The topological polar surface area (TPSA) is 23.9 Å². The lowest BCUT2D eigenvalue weighted by atomic mass is 9.61. The van der Waals surface area contributed by atoms with E-state index in [0.717, 1.165) is 18.6 Å². The Labute approximate surface area is 318 Å². The van der Waals surface area contributed by atoms with E-state index in [-0.39, 0.29) is 10.8 Å². The Balaban J connectivity index is 4.44. The molecule has 0 bridgehead atoms. The maximum absolute atomic E-state index is 9.75. The Kier molecular flexibility index (Phi) is 33.4.